The number of nitrogens with zero attached hydrogens (tertiary/aromatic N) is 4. The van der Waals surface area contributed by atoms with Gasteiger partial charge in [0.25, 0.3) is 0 Å². The van der Waals surface area contributed by atoms with Gasteiger partial charge in [-0.05, 0) is 39.0 Å². The number of amides is 2. The Morgan fingerprint density at radius 1 is 1.00 bits per heavy atom. The number of piperidine rings is 1. The summed E-state index contributed by atoms with van der Waals surface area (Å²) >= 11 is 0. The summed E-state index contributed by atoms with van der Waals surface area (Å²) in [7, 11) is -3.63. The Morgan fingerprint density at radius 2 is 1.58 bits per heavy atom. The van der Waals surface area contributed by atoms with Gasteiger partial charge < -0.3 is 14.3 Å². The molecule has 9 nitrogen and oxygen atoms in total. The summed E-state index contributed by atoms with van der Waals surface area (Å²) < 4.78 is 32.4. The highest BCUT2D eigenvalue weighted by molar-refractivity contribution is 7.89. The predicted octanol–water partition coefficient (Wildman–Crippen LogP) is 1.94. The molecule has 2 amide bonds. The first kappa shape index (κ1) is 23.7. The molecule has 174 valence electrons. The van der Waals surface area contributed by atoms with Crippen LogP contribution in [-0.2, 0) is 19.6 Å². The van der Waals surface area contributed by atoms with E-state index in [9.17, 15) is 18.0 Å². The monoisotopic (exact) mass is 454 g/mol. The van der Waals surface area contributed by atoms with Crippen LogP contribution in [0.15, 0.2) is 9.42 Å². The van der Waals surface area contributed by atoms with Gasteiger partial charge in [-0.1, -0.05) is 18.5 Å². The topological polar surface area (TPSA) is 104 Å². The van der Waals surface area contributed by atoms with Gasteiger partial charge in [0.2, 0.25) is 21.8 Å². The van der Waals surface area contributed by atoms with Crippen molar-refractivity contribution in [2.45, 2.75) is 64.2 Å². The predicted molar refractivity (Wildman–Crippen MR) is 115 cm³/mol. The lowest BCUT2D eigenvalue weighted by atomic mass is 9.94. The molecule has 0 aromatic carbocycles. The molecule has 2 saturated heterocycles. The van der Waals surface area contributed by atoms with Crippen molar-refractivity contribution < 1.29 is 22.5 Å². The van der Waals surface area contributed by atoms with Gasteiger partial charge in [-0.3, -0.25) is 9.59 Å². The van der Waals surface area contributed by atoms with E-state index in [0.29, 0.717) is 76.4 Å². The van der Waals surface area contributed by atoms with Gasteiger partial charge in [-0.15, -0.1) is 0 Å². The summed E-state index contributed by atoms with van der Waals surface area (Å²) in [5.41, 5.74) is 0.377. The lowest BCUT2D eigenvalue weighted by Gasteiger charge is -2.36. The fourth-order valence-electron chi connectivity index (χ4n) is 4.39. The third-order valence-electron chi connectivity index (χ3n) is 6.33. The number of aryl methyl sites for hydroxylation is 2. The van der Waals surface area contributed by atoms with Gasteiger partial charge >= 0.3 is 0 Å². The van der Waals surface area contributed by atoms with Crippen LogP contribution in [0.1, 0.15) is 56.9 Å². The number of carbonyl (C=O) groups is 2. The third kappa shape index (κ3) is 5.46. The Hall–Kier alpha value is -1.94. The quantitative estimate of drug-likeness (QED) is 0.624. The van der Waals surface area contributed by atoms with Crippen LogP contribution in [0.2, 0.25) is 0 Å². The molecule has 0 atom stereocenters. The van der Waals surface area contributed by atoms with E-state index in [-0.39, 0.29) is 22.6 Å². The second-order valence-corrected chi connectivity index (χ2v) is 10.4. The van der Waals surface area contributed by atoms with E-state index in [1.807, 2.05) is 9.80 Å². The van der Waals surface area contributed by atoms with E-state index in [0.717, 1.165) is 12.8 Å². The summed E-state index contributed by atoms with van der Waals surface area (Å²) in [4.78, 5) is 28.8. The molecule has 1 aromatic heterocycles. The van der Waals surface area contributed by atoms with Gasteiger partial charge in [0.15, 0.2) is 5.76 Å². The van der Waals surface area contributed by atoms with Crippen LogP contribution < -0.4 is 0 Å². The number of hydrogen-bond donors (Lipinski definition) is 0. The van der Waals surface area contributed by atoms with Crippen LogP contribution in [0.25, 0.3) is 0 Å². The SMILES string of the molecule is CCCCC(=O)N1CCN(C(=O)CC2CCN(S(=O)(=O)c3c(C)noc3C)CC2)CC1. The first-order chi connectivity index (χ1) is 14.7. The molecule has 10 heteroatoms. The van der Waals surface area contributed by atoms with Crippen molar-refractivity contribution in [3.05, 3.63) is 11.5 Å². The largest absolute Gasteiger partial charge is 0.360 e. The molecular weight excluding hydrogens is 420 g/mol. The van der Waals surface area contributed by atoms with Crippen LogP contribution in [0.4, 0.5) is 0 Å². The second-order valence-electron chi connectivity index (χ2n) is 8.57. The number of piperazine rings is 1. The van der Waals surface area contributed by atoms with Crippen LogP contribution in [-0.4, -0.2) is 78.8 Å². The smallest absolute Gasteiger partial charge is 0.248 e. The Morgan fingerprint density at radius 3 is 2.10 bits per heavy atom. The Bertz CT molecular complexity index is 862. The molecule has 2 aliphatic rings. The van der Waals surface area contributed by atoms with E-state index < -0.39 is 10.0 Å². The Balaban J connectivity index is 1.46. The summed E-state index contributed by atoms with van der Waals surface area (Å²) in [6.07, 6.45) is 4.24. The van der Waals surface area contributed by atoms with E-state index in [2.05, 4.69) is 12.1 Å². The number of rotatable bonds is 7. The molecule has 0 unspecified atom stereocenters. The molecule has 3 rings (SSSR count). The molecule has 1 aromatic rings. The third-order valence-corrected chi connectivity index (χ3v) is 8.48. The number of unbranched alkanes of at least 4 members (excludes halogenated alkanes) is 1. The zero-order valence-electron chi connectivity index (χ0n) is 18.8. The lowest BCUT2D eigenvalue weighted by Crippen LogP contribution is -2.51. The van der Waals surface area contributed by atoms with Crippen molar-refractivity contribution in [1.29, 1.82) is 0 Å². The summed E-state index contributed by atoms with van der Waals surface area (Å²) in [5.74, 6) is 0.767. The van der Waals surface area contributed by atoms with Gasteiger partial charge in [-0.2, -0.15) is 4.31 Å². The maximum absolute atomic E-state index is 12.9. The van der Waals surface area contributed by atoms with Crippen LogP contribution in [0.3, 0.4) is 0 Å². The highest BCUT2D eigenvalue weighted by Gasteiger charge is 2.35. The maximum atomic E-state index is 12.9. The summed E-state index contributed by atoms with van der Waals surface area (Å²) in [6, 6.07) is 0. The zero-order chi connectivity index (χ0) is 22.6. The molecule has 2 aliphatic heterocycles. The standard InChI is InChI=1S/C21H34N4O5S/c1-4-5-6-19(26)23-11-13-24(14-12-23)20(27)15-18-7-9-25(10-8-18)31(28,29)21-16(2)22-30-17(21)3/h18H,4-15H2,1-3H3. The van der Waals surface area contributed by atoms with Crippen LogP contribution >= 0.6 is 0 Å². The van der Waals surface area contributed by atoms with Crippen molar-refractivity contribution >= 4 is 21.8 Å². The van der Waals surface area contributed by atoms with Gasteiger partial charge in [0.05, 0.1) is 0 Å². The van der Waals surface area contributed by atoms with E-state index in [4.69, 9.17) is 4.52 Å². The van der Waals surface area contributed by atoms with Gasteiger partial charge in [0, 0.05) is 52.1 Å². The lowest BCUT2D eigenvalue weighted by molar-refractivity contribution is -0.140. The van der Waals surface area contributed by atoms with E-state index in [1.165, 1.54) is 4.31 Å². The number of aromatic nitrogens is 1. The minimum atomic E-state index is -3.63. The molecule has 0 saturated carbocycles. The van der Waals surface area contributed by atoms with Gasteiger partial charge in [-0.25, -0.2) is 8.42 Å². The zero-order valence-corrected chi connectivity index (χ0v) is 19.6. The molecule has 2 fully saturated rings. The van der Waals surface area contributed by atoms with Crippen LogP contribution in [0.5, 0.6) is 0 Å². The molecule has 0 aliphatic carbocycles. The highest BCUT2D eigenvalue weighted by atomic mass is 32.2. The Kier molecular flexibility index (Phi) is 7.74. The fraction of sp³-hybridized carbons (Fsp3) is 0.762. The van der Waals surface area contributed by atoms with Crippen LogP contribution in [0, 0.1) is 19.8 Å². The van der Waals surface area contributed by atoms with Crippen molar-refractivity contribution in [3.8, 4) is 0 Å². The van der Waals surface area contributed by atoms with Gasteiger partial charge in [0.1, 0.15) is 10.6 Å². The summed E-state index contributed by atoms with van der Waals surface area (Å²) in [5, 5.41) is 3.76. The van der Waals surface area contributed by atoms with E-state index in [1.54, 1.807) is 13.8 Å². The molecule has 0 N–H and O–H groups in total. The average Bonchev–Trinajstić information content (AvgIpc) is 3.11. The Labute approximate surface area is 184 Å². The molecule has 0 spiro atoms. The van der Waals surface area contributed by atoms with Crippen molar-refractivity contribution in [2.24, 2.45) is 5.92 Å². The first-order valence-electron chi connectivity index (χ1n) is 11.2. The van der Waals surface area contributed by atoms with E-state index >= 15 is 0 Å². The van der Waals surface area contributed by atoms with Crippen molar-refractivity contribution in [2.75, 3.05) is 39.3 Å². The molecule has 0 radical (unpaired) electrons. The second kappa shape index (κ2) is 10.1. The molecule has 0 bridgehead atoms. The normalized spacial score (nSPS) is 19.1. The molecule has 31 heavy (non-hydrogen) atoms. The number of hydrogen-bond acceptors (Lipinski definition) is 6. The number of carbonyl (C=O) groups excluding carboxylic acids is 2. The minimum absolute atomic E-state index is 0.104. The van der Waals surface area contributed by atoms with Crippen molar-refractivity contribution in [3.63, 3.8) is 0 Å². The highest BCUT2D eigenvalue weighted by Crippen LogP contribution is 2.29. The first-order valence-corrected chi connectivity index (χ1v) is 12.7. The fourth-order valence-corrected chi connectivity index (χ4v) is 6.15. The molecule has 3 heterocycles. The van der Waals surface area contributed by atoms with Crippen molar-refractivity contribution in [1.82, 2.24) is 19.3 Å². The summed E-state index contributed by atoms with van der Waals surface area (Å²) in [6.45, 7) is 8.45. The molecular formula is C21H34N4O5S. The average molecular weight is 455 g/mol. The minimum Gasteiger partial charge on any atom is -0.360 e. The maximum Gasteiger partial charge on any atom is 0.248 e. The number of sulfonamides is 1.